The van der Waals surface area contributed by atoms with E-state index in [2.05, 4.69) is 24.0 Å². The molecule has 3 heteroatoms. The zero-order valence-electron chi connectivity index (χ0n) is 9.95. The first kappa shape index (κ1) is 12.1. The molecule has 2 atom stereocenters. The summed E-state index contributed by atoms with van der Waals surface area (Å²) in [7, 11) is 0. The average molecular weight is 239 g/mol. The van der Waals surface area contributed by atoms with Gasteiger partial charge in [-0.15, -0.1) is 0 Å². The van der Waals surface area contributed by atoms with Gasteiger partial charge in [0.25, 0.3) is 0 Å². The van der Waals surface area contributed by atoms with Crippen molar-refractivity contribution in [1.82, 2.24) is 5.32 Å². The molecule has 0 amide bonds. The second-order valence-corrected chi connectivity index (χ2v) is 5.99. The van der Waals surface area contributed by atoms with Crippen molar-refractivity contribution in [2.24, 2.45) is 0 Å². The third-order valence-corrected chi connectivity index (χ3v) is 4.45. The van der Waals surface area contributed by atoms with Crippen LogP contribution in [0.25, 0.3) is 0 Å². The fraction of sp³-hybridized carbons (Fsp3) is 0.692. The summed E-state index contributed by atoms with van der Waals surface area (Å²) < 4.78 is 5.35. The fourth-order valence-corrected chi connectivity index (χ4v) is 3.36. The Balaban J connectivity index is 1.65. The van der Waals surface area contributed by atoms with Gasteiger partial charge in [0.2, 0.25) is 0 Å². The van der Waals surface area contributed by atoms with Crippen LogP contribution < -0.4 is 5.32 Å². The average Bonchev–Trinajstić information content (AvgIpc) is 2.81. The van der Waals surface area contributed by atoms with E-state index >= 15 is 0 Å². The van der Waals surface area contributed by atoms with E-state index in [0.29, 0.717) is 6.04 Å². The summed E-state index contributed by atoms with van der Waals surface area (Å²) in [6.45, 7) is 3.38. The normalized spacial score (nSPS) is 23.2. The van der Waals surface area contributed by atoms with Crippen molar-refractivity contribution in [2.45, 2.75) is 43.9 Å². The number of hydrogen-bond donors (Lipinski definition) is 1. The van der Waals surface area contributed by atoms with Gasteiger partial charge in [0, 0.05) is 24.3 Å². The van der Waals surface area contributed by atoms with Crippen LogP contribution in [-0.2, 0) is 6.42 Å². The number of furan rings is 1. The minimum Gasteiger partial charge on any atom is -0.469 e. The van der Waals surface area contributed by atoms with Crippen molar-refractivity contribution in [1.29, 1.82) is 0 Å². The zero-order chi connectivity index (χ0) is 11.2. The predicted octanol–water partition coefficient (Wildman–Crippen LogP) is 3.09. The molecule has 1 fully saturated rings. The molecular formula is C13H21NOS. The van der Waals surface area contributed by atoms with E-state index < -0.39 is 0 Å². The topological polar surface area (TPSA) is 25.2 Å². The van der Waals surface area contributed by atoms with Gasteiger partial charge in [0.1, 0.15) is 5.76 Å². The van der Waals surface area contributed by atoms with Crippen molar-refractivity contribution in [3.8, 4) is 0 Å². The van der Waals surface area contributed by atoms with E-state index in [-0.39, 0.29) is 0 Å². The molecule has 0 aromatic carbocycles. The molecule has 1 saturated heterocycles. The quantitative estimate of drug-likeness (QED) is 0.855. The van der Waals surface area contributed by atoms with Gasteiger partial charge in [-0.2, -0.15) is 11.8 Å². The summed E-state index contributed by atoms with van der Waals surface area (Å²) in [6, 6.07) is 4.51. The Morgan fingerprint density at radius 3 is 3.19 bits per heavy atom. The lowest BCUT2D eigenvalue weighted by Gasteiger charge is -2.23. The first-order valence-corrected chi connectivity index (χ1v) is 7.27. The lowest BCUT2D eigenvalue weighted by molar-refractivity contribution is 0.452. The number of thioether (sulfide) groups is 1. The molecule has 1 aromatic heterocycles. The Kier molecular flexibility index (Phi) is 4.79. The number of rotatable bonds is 5. The van der Waals surface area contributed by atoms with Crippen molar-refractivity contribution >= 4 is 11.8 Å². The highest BCUT2D eigenvalue weighted by molar-refractivity contribution is 7.99. The van der Waals surface area contributed by atoms with Gasteiger partial charge in [-0.1, -0.05) is 6.42 Å². The number of hydrogen-bond acceptors (Lipinski definition) is 3. The molecule has 0 aliphatic carbocycles. The molecule has 0 radical (unpaired) electrons. The highest BCUT2D eigenvalue weighted by Crippen LogP contribution is 2.24. The first-order chi connectivity index (χ1) is 7.84. The van der Waals surface area contributed by atoms with Crippen LogP contribution in [0.3, 0.4) is 0 Å². The van der Waals surface area contributed by atoms with Crippen molar-refractivity contribution in [2.75, 3.05) is 12.3 Å². The van der Waals surface area contributed by atoms with Gasteiger partial charge in [-0.05, 0) is 37.7 Å². The summed E-state index contributed by atoms with van der Waals surface area (Å²) in [6.07, 6.45) is 6.93. The third-order valence-electron chi connectivity index (χ3n) is 3.06. The van der Waals surface area contributed by atoms with Crippen LogP contribution >= 0.6 is 11.8 Å². The Morgan fingerprint density at radius 1 is 1.56 bits per heavy atom. The zero-order valence-corrected chi connectivity index (χ0v) is 10.8. The van der Waals surface area contributed by atoms with Crippen molar-refractivity contribution < 1.29 is 4.42 Å². The van der Waals surface area contributed by atoms with Crippen LogP contribution in [0.15, 0.2) is 22.8 Å². The van der Waals surface area contributed by atoms with Crippen LogP contribution in [0.2, 0.25) is 0 Å². The lowest BCUT2D eigenvalue weighted by atomic mass is 10.1. The molecule has 0 saturated carbocycles. The first-order valence-electron chi connectivity index (χ1n) is 6.22. The van der Waals surface area contributed by atoms with Crippen LogP contribution in [-0.4, -0.2) is 23.6 Å². The second kappa shape index (κ2) is 6.36. The summed E-state index contributed by atoms with van der Waals surface area (Å²) in [5.74, 6) is 2.43. The highest BCUT2D eigenvalue weighted by Gasteiger charge is 2.14. The Bertz CT molecular complexity index is 280. The molecular weight excluding hydrogens is 218 g/mol. The largest absolute Gasteiger partial charge is 0.469 e. The molecule has 1 aliphatic heterocycles. The maximum atomic E-state index is 5.35. The molecule has 90 valence electrons. The standard InChI is InChI=1S/C13H21NOS/c1-11(9-12-5-4-7-15-12)14-10-13-6-2-3-8-16-13/h4-5,7,11,13-14H,2-3,6,8-10H2,1H3. The highest BCUT2D eigenvalue weighted by atomic mass is 32.2. The second-order valence-electron chi connectivity index (χ2n) is 4.58. The van der Waals surface area contributed by atoms with E-state index in [4.69, 9.17) is 4.42 Å². The molecule has 1 N–H and O–H groups in total. The SMILES string of the molecule is CC(Cc1ccco1)NCC1CCCCS1. The van der Waals surface area contributed by atoms with Crippen LogP contribution in [0, 0.1) is 0 Å². The summed E-state index contributed by atoms with van der Waals surface area (Å²) in [5.41, 5.74) is 0. The molecule has 16 heavy (non-hydrogen) atoms. The smallest absolute Gasteiger partial charge is 0.105 e. The van der Waals surface area contributed by atoms with E-state index in [1.807, 2.05) is 12.1 Å². The minimum atomic E-state index is 0.508. The van der Waals surface area contributed by atoms with Crippen LogP contribution in [0.1, 0.15) is 31.9 Å². The predicted molar refractivity (Wildman–Crippen MR) is 70.0 cm³/mol. The molecule has 0 bridgehead atoms. The monoisotopic (exact) mass is 239 g/mol. The Hall–Kier alpha value is -0.410. The van der Waals surface area contributed by atoms with Gasteiger partial charge in [0.05, 0.1) is 6.26 Å². The molecule has 0 spiro atoms. The number of nitrogens with one attached hydrogen (secondary N) is 1. The van der Waals surface area contributed by atoms with E-state index in [0.717, 1.165) is 24.0 Å². The Morgan fingerprint density at radius 2 is 2.50 bits per heavy atom. The molecule has 2 unspecified atom stereocenters. The van der Waals surface area contributed by atoms with E-state index in [1.54, 1.807) is 6.26 Å². The van der Waals surface area contributed by atoms with Gasteiger partial charge < -0.3 is 9.73 Å². The molecule has 2 rings (SSSR count). The summed E-state index contributed by atoms with van der Waals surface area (Å²) >= 11 is 2.13. The third kappa shape index (κ3) is 3.87. The van der Waals surface area contributed by atoms with Gasteiger partial charge >= 0.3 is 0 Å². The fourth-order valence-electron chi connectivity index (χ4n) is 2.10. The molecule has 1 aliphatic rings. The van der Waals surface area contributed by atoms with Crippen molar-refractivity contribution in [3.05, 3.63) is 24.2 Å². The van der Waals surface area contributed by atoms with E-state index in [1.165, 1.54) is 25.0 Å². The van der Waals surface area contributed by atoms with Gasteiger partial charge in [0.15, 0.2) is 0 Å². The Labute approximate surface area is 102 Å². The summed E-state index contributed by atoms with van der Waals surface area (Å²) in [5, 5.41) is 4.44. The molecule has 1 aromatic rings. The van der Waals surface area contributed by atoms with Crippen LogP contribution in [0.4, 0.5) is 0 Å². The minimum absolute atomic E-state index is 0.508. The maximum Gasteiger partial charge on any atom is 0.105 e. The summed E-state index contributed by atoms with van der Waals surface area (Å²) in [4.78, 5) is 0. The lowest BCUT2D eigenvalue weighted by Crippen LogP contribution is -2.34. The van der Waals surface area contributed by atoms with E-state index in [9.17, 15) is 0 Å². The molecule has 2 nitrogen and oxygen atoms in total. The van der Waals surface area contributed by atoms with Crippen LogP contribution in [0.5, 0.6) is 0 Å². The maximum absolute atomic E-state index is 5.35. The van der Waals surface area contributed by atoms with Gasteiger partial charge in [-0.3, -0.25) is 0 Å². The molecule has 2 heterocycles. The van der Waals surface area contributed by atoms with Crippen molar-refractivity contribution in [3.63, 3.8) is 0 Å². The van der Waals surface area contributed by atoms with Gasteiger partial charge in [-0.25, -0.2) is 0 Å².